The van der Waals surface area contributed by atoms with Crippen LogP contribution in [0.3, 0.4) is 0 Å². The highest BCUT2D eigenvalue weighted by molar-refractivity contribution is 8.03. The summed E-state index contributed by atoms with van der Waals surface area (Å²) in [6, 6.07) is 8.32. The number of hydrogen-bond acceptors (Lipinski definition) is 15. The maximum atomic E-state index is 14.0. The zero-order valence-electron chi connectivity index (χ0n) is 31.7. The lowest BCUT2D eigenvalue weighted by Crippen LogP contribution is -2.60. The van der Waals surface area contributed by atoms with E-state index in [1.165, 1.54) is 43.5 Å². The Morgan fingerprint density at radius 3 is 2.40 bits per heavy atom. The van der Waals surface area contributed by atoms with Crippen molar-refractivity contribution in [3.05, 3.63) is 92.4 Å². The predicted octanol–water partition coefficient (Wildman–Crippen LogP) is 1.65. The summed E-state index contributed by atoms with van der Waals surface area (Å²) >= 11 is 1.16. The average molecular weight is 815 g/mol. The molecule has 58 heavy (non-hydrogen) atoms. The number of carbonyl (C=O) groups excluding carboxylic acids is 6. The van der Waals surface area contributed by atoms with Gasteiger partial charge in [-0.05, 0) is 48.8 Å². The number of phenolic OH excluding ortho intramolecular Hbond substituents is 2. The molecule has 0 aromatic heterocycles. The lowest BCUT2D eigenvalue weighted by Gasteiger charge is -2.44. The Morgan fingerprint density at radius 2 is 1.76 bits per heavy atom. The minimum atomic E-state index is -2.13. The molecule has 304 valence electrons. The van der Waals surface area contributed by atoms with Gasteiger partial charge in [0.25, 0.3) is 11.8 Å². The Kier molecular flexibility index (Phi) is 11.1. The number of aliphatic hydroxyl groups excluding tert-OH is 1. The fourth-order valence-corrected chi connectivity index (χ4v) is 8.93. The number of hydrazine groups is 1. The lowest BCUT2D eigenvalue weighted by molar-refractivity contribution is -0.133. The zero-order chi connectivity index (χ0) is 41.8. The summed E-state index contributed by atoms with van der Waals surface area (Å²) in [5.41, 5.74) is 8.58. The maximum Gasteiger partial charge on any atom is 0.271 e. The van der Waals surface area contributed by atoms with Crippen molar-refractivity contribution in [2.45, 2.75) is 75.0 Å². The minimum Gasteiger partial charge on any atom is -0.507 e. The van der Waals surface area contributed by atoms with Crippen LogP contribution in [0.2, 0.25) is 0 Å². The van der Waals surface area contributed by atoms with Crippen LogP contribution in [0.4, 0.5) is 5.69 Å². The van der Waals surface area contributed by atoms with Gasteiger partial charge < -0.3 is 40.4 Å². The molecule has 0 spiro atoms. The number of anilines is 1. The largest absolute Gasteiger partial charge is 0.507 e. The van der Waals surface area contributed by atoms with E-state index >= 15 is 0 Å². The smallest absolute Gasteiger partial charge is 0.271 e. The third-order valence-electron chi connectivity index (χ3n) is 11.4. The van der Waals surface area contributed by atoms with Gasteiger partial charge in [-0.25, -0.2) is 10.3 Å². The number of ketones is 2. The first kappa shape index (κ1) is 40.8. The molecule has 3 aromatic carbocycles. The van der Waals surface area contributed by atoms with Crippen LogP contribution in [0.5, 0.6) is 17.2 Å². The molecule has 3 aliphatic carbocycles. The average Bonchev–Trinajstić information content (AvgIpc) is 3.49. The van der Waals surface area contributed by atoms with E-state index in [-0.39, 0.29) is 46.8 Å². The molecule has 7 rings (SSSR count). The van der Waals surface area contributed by atoms with Crippen molar-refractivity contribution in [1.29, 1.82) is 0 Å². The van der Waals surface area contributed by atoms with E-state index in [0.29, 0.717) is 28.9 Å². The molecule has 5 unspecified atom stereocenters. The van der Waals surface area contributed by atoms with E-state index in [1.54, 1.807) is 25.3 Å². The molecule has 0 bridgehead atoms. The van der Waals surface area contributed by atoms with Crippen molar-refractivity contribution >= 4 is 53.0 Å². The molecule has 1 aliphatic heterocycles. The van der Waals surface area contributed by atoms with Crippen LogP contribution in [0, 0.1) is 5.92 Å². The number of imide groups is 1. The van der Waals surface area contributed by atoms with Gasteiger partial charge in [0.05, 0.1) is 64.7 Å². The second-order valence-electron chi connectivity index (χ2n) is 15.1. The van der Waals surface area contributed by atoms with Crippen molar-refractivity contribution in [3.8, 4) is 17.2 Å². The zero-order valence-corrected chi connectivity index (χ0v) is 32.5. The minimum absolute atomic E-state index is 0.0670. The van der Waals surface area contributed by atoms with E-state index in [2.05, 4.69) is 10.9 Å². The van der Waals surface area contributed by atoms with Crippen LogP contribution in [0.25, 0.3) is 0 Å². The van der Waals surface area contributed by atoms with Crippen molar-refractivity contribution in [3.63, 3.8) is 0 Å². The van der Waals surface area contributed by atoms with E-state index in [4.69, 9.17) is 15.2 Å². The van der Waals surface area contributed by atoms with E-state index < -0.39 is 101 Å². The normalized spacial score (nSPS) is 25.7. The molecule has 7 atom stereocenters. The standard InChI is InChI=1S/C41H42N4O12S/c1-18-11-21(13-24(42)35(18)49)57-26-16-41(55,15-23-32(26)39(53)34-33(37(23)51)36(50)22-5-4-6-25(56-2)31(22)38(34)52)28(17-46)43-44-29(47)12-19-7-9-20(10-8-19)45-30(48)14-27(58-3)40(45)54/h4-10,14,17-18,21,24,26,28,35,43,49,51,53,55H,11-13,15-16,42H2,1-3H3,(H,44,47)/t18?,21?,24?,26-,28?,35?,41-/m0/s1. The third-order valence-corrected chi connectivity index (χ3v) is 12.1. The number of thioether (sulfide) groups is 1. The molecule has 3 amide bonds. The van der Waals surface area contributed by atoms with Gasteiger partial charge in [-0.15, -0.1) is 11.8 Å². The number of phenols is 2. The number of aldehydes is 1. The number of fused-ring (bicyclic) bond motifs is 3. The molecule has 0 radical (unpaired) electrons. The first-order valence-corrected chi connectivity index (χ1v) is 19.8. The summed E-state index contributed by atoms with van der Waals surface area (Å²) in [5, 5.41) is 46.5. The summed E-state index contributed by atoms with van der Waals surface area (Å²) in [4.78, 5) is 80.1. The Labute approximate surface area is 336 Å². The van der Waals surface area contributed by atoms with Crippen LogP contribution in [-0.2, 0) is 36.8 Å². The Bertz CT molecular complexity index is 2270. The predicted molar refractivity (Wildman–Crippen MR) is 208 cm³/mol. The second kappa shape index (κ2) is 15.7. The van der Waals surface area contributed by atoms with Crippen molar-refractivity contribution in [1.82, 2.24) is 10.9 Å². The number of ether oxygens (including phenoxy) is 2. The van der Waals surface area contributed by atoms with Crippen LogP contribution in [-0.4, -0.2) is 99.3 Å². The number of benzene rings is 3. The highest BCUT2D eigenvalue weighted by Crippen LogP contribution is 2.53. The second-order valence-corrected chi connectivity index (χ2v) is 15.9. The monoisotopic (exact) mass is 814 g/mol. The number of hydrogen-bond donors (Lipinski definition) is 7. The summed E-state index contributed by atoms with van der Waals surface area (Å²) in [5.74, 6) is -4.67. The Balaban J connectivity index is 1.17. The molecule has 1 heterocycles. The number of methoxy groups -OCH3 is 1. The van der Waals surface area contributed by atoms with Gasteiger partial charge >= 0.3 is 0 Å². The molecule has 4 aliphatic rings. The first-order chi connectivity index (χ1) is 27.6. The van der Waals surface area contributed by atoms with Crippen LogP contribution >= 0.6 is 11.8 Å². The van der Waals surface area contributed by atoms with Crippen molar-refractivity contribution < 1.29 is 58.7 Å². The number of aromatic hydroxyl groups is 2. The molecule has 17 heteroatoms. The van der Waals surface area contributed by atoms with Gasteiger partial charge in [0, 0.05) is 41.6 Å². The fourth-order valence-electron chi connectivity index (χ4n) is 8.44. The molecule has 16 nitrogen and oxygen atoms in total. The lowest BCUT2D eigenvalue weighted by atomic mass is 9.71. The molecule has 0 saturated heterocycles. The molecule has 3 aromatic rings. The SMILES string of the molecule is COc1cccc2c1C(=O)c1c(O)c3c(c(O)c1C2=O)C[C@@](O)(C(C=O)NNC(=O)Cc1ccc(N2C(=O)C=C(SC)C2=O)cc1)C[C@@H]3OC1CC(C)C(O)C(N)C1. The summed E-state index contributed by atoms with van der Waals surface area (Å²) in [6.07, 6.45) is -0.0693. The van der Waals surface area contributed by atoms with E-state index in [0.717, 1.165) is 16.7 Å². The van der Waals surface area contributed by atoms with Gasteiger partial charge in [-0.1, -0.05) is 31.2 Å². The number of nitrogens with two attached hydrogens (primary N) is 1. The highest BCUT2D eigenvalue weighted by atomic mass is 32.2. The quantitative estimate of drug-likeness (QED) is 0.0492. The number of carbonyl (C=O) groups is 6. The van der Waals surface area contributed by atoms with Crippen LogP contribution < -0.4 is 26.2 Å². The topological polar surface area (TPSA) is 255 Å². The highest BCUT2D eigenvalue weighted by Gasteiger charge is 2.50. The molecular weight excluding hydrogens is 773 g/mol. The van der Waals surface area contributed by atoms with Gasteiger partial charge in [-0.3, -0.25) is 29.4 Å². The Morgan fingerprint density at radius 1 is 1.05 bits per heavy atom. The fraction of sp³-hybridized carbons (Fsp3) is 0.366. The summed E-state index contributed by atoms with van der Waals surface area (Å²) < 4.78 is 11.8. The number of aliphatic hydroxyl groups is 2. The number of nitrogens with zero attached hydrogens (tertiary/aromatic N) is 1. The van der Waals surface area contributed by atoms with Gasteiger partial charge in [-0.2, -0.15) is 0 Å². The maximum absolute atomic E-state index is 14.0. The number of amides is 3. The van der Waals surface area contributed by atoms with Crippen molar-refractivity contribution in [2.75, 3.05) is 18.3 Å². The van der Waals surface area contributed by atoms with Crippen molar-refractivity contribution in [2.24, 2.45) is 11.7 Å². The van der Waals surface area contributed by atoms with E-state index in [9.17, 15) is 49.2 Å². The van der Waals surface area contributed by atoms with Gasteiger partial charge in [0.1, 0.15) is 29.6 Å². The van der Waals surface area contributed by atoms with Crippen LogP contribution in [0.15, 0.2) is 53.4 Å². The molecule has 1 fully saturated rings. The Hall–Kier alpha value is -5.43. The number of nitrogens with one attached hydrogen (secondary N) is 2. The van der Waals surface area contributed by atoms with E-state index in [1.807, 2.05) is 0 Å². The molecular formula is C41H42N4O12S. The third kappa shape index (κ3) is 6.96. The van der Waals surface area contributed by atoms with Crippen LogP contribution in [0.1, 0.15) is 80.8 Å². The summed E-state index contributed by atoms with van der Waals surface area (Å²) in [6.45, 7) is 1.79. The first-order valence-electron chi connectivity index (χ1n) is 18.5. The number of rotatable bonds is 11. The van der Waals surface area contributed by atoms with Gasteiger partial charge in [0.15, 0.2) is 5.78 Å². The summed E-state index contributed by atoms with van der Waals surface area (Å²) in [7, 11) is 1.32. The molecule has 8 N–H and O–H groups in total. The van der Waals surface area contributed by atoms with Gasteiger partial charge in [0.2, 0.25) is 11.7 Å². The molecule has 1 saturated carbocycles.